The third-order valence-corrected chi connectivity index (χ3v) is 16.6. The van der Waals surface area contributed by atoms with Gasteiger partial charge >= 0.3 is 0 Å². The predicted octanol–water partition coefficient (Wildman–Crippen LogP) is 21.7. The Morgan fingerprint density at radius 2 is 0.500 bits per heavy atom. The lowest BCUT2D eigenvalue weighted by Crippen LogP contribution is -2.11. The molecular weight excluding hydrogens is 917 g/mol. The molecule has 2 heteroatoms. The molecule has 0 spiro atoms. The first-order chi connectivity index (χ1) is 37.7. The molecule has 0 atom stereocenters. The van der Waals surface area contributed by atoms with Gasteiger partial charge in [0.1, 0.15) is 0 Å². The largest absolute Gasteiger partial charge is 0.310 e. The Kier molecular flexibility index (Phi) is 13.3. The van der Waals surface area contributed by atoms with Gasteiger partial charge in [0, 0.05) is 34.1 Å². The van der Waals surface area contributed by atoms with E-state index in [0.717, 1.165) is 34.1 Å². The summed E-state index contributed by atoms with van der Waals surface area (Å²) in [6, 6.07) is 95.3. The Balaban J connectivity index is 1.00. The van der Waals surface area contributed by atoms with Crippen LogP contribution in [0.1, 0.15) is 87.2 Å². The van der Waals surface area contributed by atoms with E-state index < -0.39 is 0 Å². The van der Waals surface area contributed by atoms with Crippen LogP contribution in [-0.4, -0.2) is 0 Å². The van der Waals surface area contributed by atoms with E-state index in [2.05, 4.69) is 265 Å². The molecule has 13 rings (SSSR count). The van der Waals surface area contributed by atoms with Crippen molar-refractivity contribution < 1.29 is 0 Å². The third kappa shape index (κ3) is 9.50. The first-order valence-corrected chi connectivity index (χ1v) is 28.0. The zero-order valence-corrected chi connectivity index (χ0v) is 43.4. The summed E-state index contributed by atoms with van der Waals surface area (Å²) in [6.07, 6.45) is 13.1. The van der Waals surface area contributed by atoms with E-state index >= 15 is 0 Å². The summed E-state index contributed by atoms with van der Waals surface area (Å²) in [4.78, 5) is 4.92. The number of hydrogen-bond donors (Lipinski definition) is 0. The van der Waals surface area contributed by atoms with Crippen molar-refractivity contribution >= 4 is 55.7 Å². The number of fused-ring (bicyclic) bond motifs is 2. The number of benzene rings is 11. The van der Waals surface area contributed by atoms with Gasteiger partial charge in [-0.2, -0.15) is 0 Å². The van der Waals surface area contributed by atoms with E-state index in [1.54, 1.807) is 0 Å². The normalized spacial score (nSPS) is 14.2. The van der Waals surface area contributed by atoms with Gasteiger partial charge < -0.3 is 9.80 Å². The van der Waals surface area contributed by atoms with E-state index in [1.807, 2.05) is 0 Å². The van der Waals surface area contributed by atoms with Gasteiger partial charge in [0.25, 0.3) is 0 Å². The number of hydrogen-bond acceptors (Lipinski definition) is 2. The van der Waals surface area contributed by atoms with Crippen molar-refractivity contribution in [1.82, 2.24) is 0 Å². The highest BCUT2D eigenvalue weighted by atomic mass is 15.1. The van der Waals surface area contributed by atoms with Crippen molar-refractivity contribution in [2.24, 2.45) is 0 Å². The maximum absolute atomic E-state index is 2.46. The van der Waals surface area contributed by atoms with E-state index in [4.69, 9.17) is 0 Å². The van der Waals surface area contributed by atoms with Crippen molar-refractivity contribution in [2.75, 3.05) is 9.80 Å². The molecule has 2 saturated carbocycles. The average molecular weight is 981 g/mol. The molecule has 0 aliphatic heterocycles. The zero-order valence-electron chi connectivity index (χ0n) is 43.4. The molecule has 0 saturated heterocycles. The van der Waals surface area contributed by atoms with E-state index in [0.29, 0.717) is 11.8 Å². The van der Waals surface area contributed by atoms with E-state index in [9.17, 15) is 0 Å². The minimum atomic E-state index is 0.639. The van der Waals surface area contributed by atoms with Crippen molar-refractivity contribution in [3.63, 3.8) is 0 Å². The van der Waals surface area contributed by atoms with Crippen LogP contribution in [0.4, 0.5) is 34.1 Å². The summed E-state index contributed by atoms with van der Waals surface area (Å²) in [7, 11) is 0. The molecule has 0 N–H and O–H groups in total. The fourth-order valence-corrected chi connectivity index (χ4v) is 12.7. The lowest BCUT2D eigenvalue weighted by atomic mass is 9.84. The summed E-state index contributed by atoms with van der Waals surface area (Å²) in [5.41, 5.74) is 19.5. The van der Waals surface area contributed by atoms with Crippen LogP contribution >= 0.6 is 0 Å². The molecule has 0 radical (unpaired) electrons. The molecule has 0 bridgehead atoms. The minimum Gasteiger partial charge on any atom is -0.310 e. The fraction of sp³-hybridized carbons (Fsp3) is 0.162. The van der Waals surface area contributed by atoms with Crippen molar-refractivity contribution in [2.45, 2.75) is 76.0 Å². The first kappa shape index (κ1) is 47.3. The van der Waals surface area contributed by atoms with Gasteiger partial charge in [0.05, 0.1) is 0 Å². The van der Waals surface area contributed by atoms with Gasteiger partial charge in [-0.1, -0.05) is 221 Å². The lowest BCUT2D eigenvalue weighted by molar-refractivity contribution is 0.443. The van der Waals surface area contributed by atoms with Crippen molar-refractivity contribution in [1.29, 1.82) is 0 Å². The Morgan fingerprint density at radius 3 is 0.829 bits per heavy atom. The zero-order chi connectivity index (χ0) is 50.6. The third-order valence-electron chi connectivity index (χ3n) is 16.6. The monoisotopic (exact) mass is 981 g/mol. The van der Waals surface area contributed by atoms with E-state index in [1.165, 1.54) is 141 Å². The standard InChI is InChI=1S/C74H64N2/c1-7-19-53(20-8-1)57-31-39-63(40-32-57)75(64-41-33-58(34-42-64)54-21-9-2-10-22-54)67-47-49-69-71(51-67)73(61-27-15-5-16-28-61)70-50-48-68(52-72(70)74(69)62-29-17-6-18-30-62)76(65-43-35-59(36-44-65)55-23-11-3-12-24-55)66-45-37-60(38-46-66)56-25-13-4-14-26-56/h1,3,5-8,11-12,15-20,23-24,27-52,54,56H,2,4,9-10,13-14,21-22,25-26H2. The van der Waals surface area contributed by atoms with Crippen LogP contribution in [0.25, 0.3) is 66.1 Å². The van der Waals surface area contributed by atoms with Gasteiger partial charge in [-0.3, -0.25) is 0 Å². The van der Waals surface area contributed by atoms with Crippen molar-refractivity contribution in [3.05, 3.63) is 266 Å². The Bertz CT molecular complexity index is 3460. The SMILES string of the molecule is c1ccc(-c2ccc(N(c3ccc(C4CCCCC4)cc3)c3ccc4c(-c5ccccc5)c5cc(N(c6ccc(-c7ccccc7)cc6)c6ccc(C7CCCCC7)cc6)ccc5c(-c5ccccc5)c4c3)cc2)cc1. The molecule has 2 nitrogen and oxygen atoms in total. The molecule has 11 aromatic rings. The first-order valence-electron chi connectivity index (χ1n) is 28.0. The van der Waals surface area contributed by atoms with Crippen LogP contribution in [0, 0.1) is 0 Å². The van der Waals surface area contributed by atoms with Crippen molar-refractivity contribution in [3.8, 4) is 44.5 Å². The molecule has 2 fully saturated rings. The Labute approximate surface area is 449 Å². The number of anilines is 6. The van der Waals surface area contributed by atoms with Crippen LogP contribution in [0.2, 0.25) is 0 Å². The smallest absolute Gasteiger partial charge is 0.0468 e. The topological polar surface area (TPSA) is 6.48 Å². The van der Waals surface area contributed by atoms with Gasteiger partial charge in [-0.05, 0) is 187 Å². The van der Waals surface area contributed by atoms with E-state index in [-0.39, 0.29) is 0 Å². The highest BCUT2D eigenvalue weighted by Crippen LogP contribution is 2.49. The van der Waals surface area contributed by atoms with Gasteiger partial charge in [-0.25, -0.2) is 0 Å². The summed E-state index contributed by atoms with van der Waals surface area (Å²) in [5, 5.41) is 4.89. The molecule has 0 unspecified atom stereocenters. The second-order valence-corrected chi connectivity index (χ2v) is 21.3. The molecule has 0 aromatic heterocycles. The van der Waals surface area contributed by atoms with Gasteiger partial charge in [-0.15, -0.1) is 0 Å². The molecule has 370 valence electrons. The number of rotatable bonds is 12. The van der Waals surface area contributed by atoms with Gasteiger partial charge in [0.15, 0.2) is 0 Å². The average Bonchev–Trinajstić information content (AvgIpc) is 3.55. The lowest BCUT2D eigenvalue weighted by Gasteiger charge is -2.29. The van der Waals surface area contributed by atoms with Gasteiger partial charge in [0.2, 0.25) is 0 Å². The molecular formula is C74H64N2. The second kappa shape index (κ2) is 21.4. The highest BCUT2D eigenvalue weighted by Gasteiger charge is 2.24. The summed E-state index contributed by atoms with van der Waals surface area (Å²) in [6.45, 7) is 0. The molecule has 11 aromatic carbocycles. The van der Waals surface area contributed by atoms with Crippen LogP contribution in [-0.2, 0) is 0 Å². The molecule has 0 amide bonds. The second-order valence-electron chi connectivity index (χ2n) is 21.3. The summed E-state index contributed by atoms with van der Waals surface area (Å²) in [5.74, 6) is 1.28. The molecule has 2 aliphatic carbocycles. The maximum atomic E-state index is 2.46. The molecule has 76 heavy (non-hydrogen) atoms. The number of nitrogens with zero attached hydrogens (tertiary/aromatic N) is 2. The van der Waals surface area contributed by atoms with Crippen LogP contribution in [0.5, 0.6) is 0 Å². The predicted molar refractivity (Wildman–Crippen MR) is 324 cm³/mol. The molecule has 0 heterocycles. The Hall–Kier alpha value is -8.46. The molecule has 2 aliphatic rings. The Morgan fingerprint density at radius 1 is 0.224 bits per heavy atom. The fourth-order valence-electron chi connectivity index (χ4n) is 12.7. The van der Waals surface area contributed by atoms with Crippen LogP contribution < -0.4 is 9.80 Å². The minimum absolute atomic E-state index is 0.639. The summed E-state index contributed by atoms with van der Waals surface area (Å²) < 4.78 is 0. The van der Waals surface area contributed by atoms with Crippen LogP contribution in [0.15, 0.2) is 255 Å². The summed E-state index contributed by atoms with van der Waals surface area (Å²) >= 11 is 0. The maximum Gasteiger partial charge on any atom is 0.0468 e. The highest BCUT2D eigenvalue weighted by molar-refractivity contribution is 6.22. The van der Waals surface area contributed by atoms with Crippen LogP contribution in [0.3, 0.4) is 0 Å². The quantitative estimate of drug-likeness (QED) is 0.113.